The first-order chi connectivity index (χ1) is 24.5. The largest absolute Gasteiger partial charge is 2.00 e. The number of carbonyl (C=O) groups excluding carboxylic acids is 1. The van der Waals surface area contributed by atoms with E-state index in [1.165, 1.54) is 23.4 Å². The Hall–Kier alpha value is -4.03. The molecule has 0 amide bonds. The Morgan fingerprint density at radius 1 is 1.10 bits per heavy atom. The van der Waals surface area contributed by atoms with E-state index in [0.29, 0.717) is 40.0 Å². The molecule has 0 bridgehead atoms. The Bertz CT molecular complexity index is 2320. The molecule has 2 N–H and O–H groups in total. The number of ether oxygens (including phenoxy) is 2. The van der Waals surface area contributed by atoms with Crippen LogP contribution in [0.25, 0.3) is 33.3 Å². The van der Waals surface area contributed by atoms with Crippen LogP contribution in [0.2, 0.25) is 10.0 Å². The van der Waals surface area contributed by atoms with E-state index in [0.717, 1.165) is 51.9 Å². The number of likely N-dealkylation sites (tertiary alicyclic amines) is 1. The van der Waals surface area contributed by atoms with Crippen molar-refractivity contribution in [3.05, 3.63) is 109 Å². The van der Waals surface area contributed by atoms with Crippen molar-refractivity contribution in [2.45, 2.75) is 31.3 Å². The molecule has 2 aromatic carbocycles. The first-order valence-corrected chi connectivity index (χ1v) is 17.4. The van der Waals surface area contributed by atoms with Gasteiger partial charge in [0, 0.05) is 60.8 Å². The minimum Gasteiger partial charge on any atom is -0.481 e. The predicted octanol–water partition coefficient (Wildman–Crippen LogP) is 4.77. The van der Waals surface area contributed by atoms with Gasteiger partial charge in [0.15, 0.2) is 5.56 Å². The van der Waals surface area contributed by atoms with Crippen LogP contribution in [-0.4, -0.2) is 62.3 Å². The van der Waals surface area contributed by atoms with Crippen LogP contribution < -0.4 is 21.7 Å². The molecule has 3 aromatic heterocycles. The maximum absolute atomic E-state index is 12.3. The maximum atomic E-state index is 12.3. The van der Waals surface area contributed by atoms with Gasteiger partial charge in [0.25, 0.3) is 0 Å². The number of fused-ring (bicyclic) bond motifs is 3. The van der Waals surface area contributed by atoms with E-state index in [1.807, 2.05) is 37.3 Å². The summed E-state index contributed by atoms with van der Waals surface area (Å²) in [5, 5.41) is 1.44. The van der Waals surface area contributed by atoms with Gasteiger partial charge >= 0.3 is 28.7 Å². The number of piperidine rings is 1. The minimum atomic E-state index is -0.500. The summed E-state index contributed by atoms with van der Waals surface area (Å²) in [5.74, 6) is 0.379. The number of rotatable bonds is 6. The zero-order valence-corrected chi connectivity index (χ0v) is 31.6. The van der Waals surface area contributed by atoms with Crippen LogP contribution in [-0.2, 0) is 47.1 Å². The molecular formula is C38H36Cl2MnN6O5. The number of carbonyl (C=O) groups is 1. The number of pyridine rings is 2. The summed E-state index contributed by atoms with van der Waals surface area (Å²) < 4.78 is 13.5. The van der Waals surface area contributed by atoms with Crippen molar-refractivity contribution < 1.29 is 31.3 Å². The van der Waals surface area contributed by atoms with Crippen molar-refractivity contribution in [2.24, 2.45) is 31.7 Å². The SMILES string of the molecule is CCOC(=O)[C@@H]1[C@H]2CN([C@@H]3CCc4cc(-c5cccc(-c6ccc[c-]c6Cl)c5Cl)nc(OC)c43)C[C@]21N.Cn1c(=O)c2[c-]nccc2n(C)c1=O.[Mn+2]. The number of aromatic nitrogens is 4. The average molecular weight is 783 g/mol. The third-order valence-corrected chi connectivity index (χ3v) is 11.1. The molecule has 1 saturated heterocycles. The number of nitrogens with two attached hydrogens (primary N) is 1. The van der Waals surface area contributed by atoms with Crippen molar-refractivity contribution in [1.82, 2.24) is 24.0 Å². The molecular weight excluding hydrogens is 746 g/mol. The Morgan fingerprint density at radius 3 is 2.54 bits per heavy atom. The van der Waals surface area contributed by atoms with Crippen LogP contribution in [0.5, 0.6) is 5.88 Å². The Labute approximate surface area is 321 Å². The number of halogens is 2. The van der Waals surface area contributed by atoms with Gasteiger partial charge in [0.05, 0.1) is 25.3 Å². The second-order valence-corrected chi connectivity index (χ2v) is 13.9. The number of aryl methyl sites for hydroxylation is 2. The quantitative estimate of drug-likeness (QED) is 0.147. The van der Waals surface area contributed by atoms with Crippen molar-refractivity contribution >= 4 is 40.1 Å². The summed E-state index contributed by atoms with van der Waals surface area (Å²) in [4.78, 5) is 46.4. The Kier molecular flexibility index (Phi) is 10.7. The summed E-state index contributed by atoms with van der Waals surface area (Å²) in [6.07, 6.45) is 5.94. The number of hydrogen-bond acceptors (Lipinski definition) is 9. The number of esters is 1. The van der Waals surface area contributed by atoms with E-state index in [4.69, 9.17) is 43.4 Å². The number of hydrogen-bond donors (Lipinski definition) is 1. The van der Waals surface area contributed by atoms with E-state index in [-0.39, 0.29) is 52.2 Å². The van der Waals surface area contributed by atoms with Gasteiger partial charge in [-0.15, -0.1) is 23.2 Å². The van der Waals surface area contributed by atoms with Gasteiger partial charge in [-0.1, -0.05) is 46.6 Å². The van der Waals surface area contributed by atoms with Gasteiger partial charge in [-0.25, -0.2) is 9.78 Å². The topological polar surface area (TPSA) is 135 Å². The smallest absolute Gasteiger partial charge is 0.481 e. The second kappa shape index (κ2) is 14.8. The molecule has 0 unspecified atom stereocenters. The van der Waals surface area contributed by atoms with Gasteiger partial charge in [0.1, 0.15) is 0 Å². The first-order valence-electron chi connectivity index (χ1n) is 16.6. The van der Waals surface area contributed by atoms with Crippen LogP contribution in [0.3, 0.4) is 0 Å². The number of nitrogens with zero attached hydrogens (tertiary/aromatic N) is 5. The van der Waals surface area contributed by atoms with Gasteiger partial charge in [-0.3, -0.25) is 9.69 Å². The van der Waals surface area contributed by atoms with E-state index >= 15 is 0 Å². The average Bonchev–Trinajstić information content (AvgIpc) is 3.38. The van der Waals surface area contributed by atoms with Gasteiger partial charge in [-0.2, -0.15) is 24.3 Å². The molecule has 0 spiro atoms. The van der Waals surface area contributed by atoms with E-state index < -0.39 is 5.54 Å². The van der Waals surface area contributed by atoms with Crippen LogP contribution in [0.4, 0.5) is 0 Å². The molecule has 2 aliphatic carbocycles. The molecule has 2 fully saturated rings. The second-order valence-electron chi connectivity index (χ2n) is 13.1. The van der Waals surface area contributed by atoms with Crippen molar-refractivity contribution in [3.8, 4) is 28.3 Å². The molecule has 1 aliphatic heterocycles. The van der Waals surface area contributed by atoms with Crippen LogP contribution in [0.1, 0.15) is 30.5 Å². The fourth-order valence-corrected chi connectivity index (χ4v) is 8.28. The fraction of sp³-hybridized carbons (Fsp3) is 0.342. The van der Waals surface area contributed by atoms with Gasteiger partial charge < -0.3 is 34.1 Å². The molecule has 14 heteroatoms. The van der Waals surface area contributed by atoms with Gasteiger partial charge in [-0.05, 0) is 48.5 Å². The Balaban J connectivity index is 0.000000260. The minimum absolute atomic E-state index is 0. The third kappa shape index (κ3) is 6.35. The third-order valence-electron chi connectivity index (χ3n) is 10.3. The molecule has 4 atom stereocenters. The normalized spacial score (nSPS) is 21.4. The van der Waals surface area contributed by atoms with Crippen LogP contribution in [0.15, 0.2) is 64.3 Å². The van der Waals surface area contributed by atoms with Crippen LogP contribution in [0, 0.1) is 24.1 Å². The zero-order chi connectivity index (χ0) is 36.2. The van der Waals surface area contributed by atoms with Gasteiger partial charge in [0.2, 0.25) is 5.88 Å². The summed E-state index contributed by atoms with van der Waals surface area (Å²) in [7, 11) is 4.70. The van der Waals surface area contributed by atoms with E-state index in [2.05, 4.69) is 28.2 Å². The van der Waals surface area contributed by atoms with Crippen molar-refractivity contribution in [3.63, 3.8) is 0 Å². The molecule has 5 aromatic rings. The van der Waals surface area contributed by atoms with Crippen LogP contribution >= 0.6 is 23.2 Å². The first kappa shape index (κ1) is 37.7. The Morgan fingerprint density at radius 2 is 1.85 bits per heavy atom. The monoisotopic (exact) mass is 781 g/mol. The molecule has 52 heavy (non-hydrogen) atoms. The zero-order valence-electron chi connectivity index (χ0n) is 29.0. The standard InChI is InChI=1S/C29H28Cl2N3O3.C9H8N3O2.Mn/c1-3-37-28(35)25-20-14-34(15-29(20,25)32)23-12-11-16-13-22(33-27(36-2)24(16)23)19-9-6-8-18(26(19)31)17-7-4-5-10-21(17)30;1-11-7-3-4-10-5-6(7)8(13)12(2)9(11)14;/h4-9,13,20,23,25H,3,11-12,14-15,32H2,1-2H3;3-4H,1-2H3;/q2*-1;+2/t20-,23-,25+,29+;;/m1../s1. The molecule has 11 nitrogen and oxygen atoms in total. The van der Waals surface area contributed by atoms with Crippen molar-refractivity contribution in [1.29, 1.82) is 0 Å². The maximum Gasteiger partial charge on any atom is 2.00 e. The predicted molar refractivity (Wildman–Crippen MR) is 195 cm³/mol. The molecule has 8 rings (SSSR count). The molecule has 1 radical (unpaired) electrons. The summed E-state index contributed by atoms with van der Waals surface area (Å²) in [5.41, 5.74) is 11.5. The number of methoxy groups -OCH3 is 1. The number of benzene rings is 2. The van der Waals surface area contributed by atoms with Crippen molar-refractivity contribution in [2.75, 3.05) is 26.8 Å². The van der Waals surface area contributed by atoms with E-state index in [1.54, 1.807) is 26.3 Å². The van der Waals surface area contributed by atoms with E-state index in [9.17, 15) is 14.4 Å². The molecule has 269 valence electrons. The molecule has 3 aliphatic rings. The summed E-state index contributed by atoms with van der Waals surface area (Å²) >= 11 is 13.3. The fourth-order valence-electron chi connectivity index (χ4n) is 7.73. The molecule has 4 heterocycles. The summed E-state index contributed by atoms with van der Waals surface area (Å²) in [6, 6.07) is 18.4. The summed E-state index contributed by atoms with van der Waals surface area (Å²) in [6.45, 7) is 3.65. The molecule has 1 saturated carbocycles.